The van der Waals surface area contributed by atoms with Crippen molar-refractivity contribution in [3.8, 4) is 33.5 Å². The van der Waals surface area contributed by atoms with E-state index in [-0.39, 0.29) is 11.3 Å². The van der Waals surface area contributed by atoms with Gasteiger partial charge < -0.3 is 0 Å². The molecule has 0 spiro atoms. The van der Waals surface area contributed by atoms with E-state index in [4.69, 9.17) is 0 Å². The van der Waals surface area contributed by atoms with E-state index in [1.165, 1.54) is 6.20 Å². The Morgan fingerprint density at radius 1 is 0.838 bits per heavy atom. The summed E-state index contributed by atoms with van der Waals surface area (Å²) in [5.41, 5.74) is 2.19. The number of alkyl halides is 3. The van der Waals surface area contributed by atoms with Crippen LogP contribution >= 0.6 is 0 Å². The van der Waals surface area contributed by atoms with Crippen LogP contribution in [0.15, 0.2) is 67.4 Å². The maximum absolute atomic E-state index is 14.4. The predicted octanol–water partition coefficient (Wildman–Crippen LogP) is 9.00. The van der Waals surface area contributed by atoms with Crippen molar-refractivity contribution in [2.75, 3.05) is 0 Å². The highest BCUT2D eigenvalue weighted by Crippen LogP contribution is 2.34. The maximum atomic E-state index is 14.4. The Kier molecular flexibility index (Phi) is 9.55. The van der Waals surface area contributed by atoms with Gasteiger partial charge in [0.05, 0.1) is 23.5 Å². The standard InChI is InChI=1S/C27H26F4N4.C2H6/c1-3-5-23(6-4-2)35-17-21(16-34-35)20-11-19(14-32-15-20)18-9-10-33-26(12-18)24-13-22(27(29,30)31)7-8-25(24)28;1-2/h7-17,23H,3-6H2,1-2H3;1-2H3. The summed E-state index contributed by atoms with van der Waals surface area (Å²) in [6.07, 6.45) is 8.38. The van der Waals surface area contributed by atoms with E-state index in [9.17, 15) is 17.6 Å². The molecular weight excluding hydrogens is 480 g/mol. The highest BCUT2D eigenvalue weighted by Gasteiger charge is 2.31. The van der Waals surface area contributed by atoms with Crippen LogP contribution in [0.1, 0.15) is 65.0 Å². The van der Waals surface area contributed by atoms with Gasteiger partial charge in [-0.15, -0.1) is 0 Å². The third-order valence-corrected chi connectivity index (χ3v) is 5.95. The Hall–Kier alpha value is -3.55. The van der Waals surface area contributed by atoms with Crippen LogP contribution in [0.5, 0.6) is 0 Å². The molecule has 4 aromatic rings. The minimum absolute atomic E-state index is 0.117. The summed E-state index contributed by atoms with van der Waals surface area (Å²) in [5, 5.41) is 4.57. The third-order valence-electron chi connectivity index (χ3n) is 5.95. The quantitative estimate of drug-likeness (QED) is 0.221. The molecule has 3 heterocycles. The monoisotopic (exact) mass is 512 g/mol. The van der Waals surface area contributed by atoms with Crippen LogP contribution in [0.3, 0.4) is 0 Å². The van der Waals surface area contributed by atoms with E-state index in [0.29, 0.717) is 11.6 Å². The van der Waals surface area contributed by atoms with Crippen LogP contribution in [0.4, 0.5) is 17.6 Å². The molecule has 0 fully saturated rings. The first-order chi connectivity index (χ1) is 17.8. The molecule has 37 heavy (non-hydrogen) atoms. The van der Waals surface area contributed by atoms with E-state index >= 15 is 0 Å². The molecule has 8 heteroatoms. The number of hydrogen-bond donors (Lipinski definition) is 0. The molecule has 0 aliphatic rings. The zero-order valence-corrected chi connectivity index (χ0v) is 21.6. The Morgan fingerprint density at radius 3 is 2.16 bits per heavy atom. The largest absolute Gasteiger partial charge is 0.416 e. The summed E-state index contributed by atoms with van der Waals surface area (Å²) >= 11 is 0. The Bertz CT molecular complexity index is 1290. The van der Waals surface area contributed by atoms with Crippen LogP contribution < -0.4 is 0 Å². The molecule has 0 atom stereocenters. The van der Waals surface area contributed by atoms with Crippen LogP contribution in [-0.2, 0) is 6.18 Å². The van der Waals surface area contributed by atoms with Crippen LogP contribution in [0.25, 0.3) is 33.5 Å². The number of nitrogens with zero attached hydrogens (tertiary/aromatic N) is 4. The van der Waals surface area contributed by atoms with Gasteiger partial charge in [-0.2, -0.15) is 18.3 Å². The van der Waals surface area contributed by atoms with Crippen molar-refractivity contribution < 1.29 is 17.6 Å². The SMILES string of the molecule is CC.CCCC(CCC)n1cc(-c2cncc(-c3ccnc(-c4cc(C(F)(F)F)ccc4F)c3)c2)cn1. The second kappa shape index (κ2) is 12.6. The van der Waals surface area contributed by atoms with Crippen LogP contribution in [-0.4, -0.2) is 19.7 Å². The molecular formula is C29H32F4N4. The molecule has 196 valence electrons. The van der Waals surface area contributed by atoms with Crippen LogP contribution in [0.2, 0.25) is 0 Å². The minimum atomic E-state index is -4.57. The van der Waals surface area contributed by atoms with Crippen LogP contribution in [0, 0.1) is 5.82 Å². The number of rotatable bonds is 8. The minimum Gasteiger partial charge on any atom is -0.269 e. The molecule has 0 unspecified atom stereocenters. The normalized spacial score (nSPS) is 11.4. The molecule has 0 N–H and O–H groups in total. The average Bonchev–Trinajstić information content (AvgIpc) is 3.40. The van der Waals surface area contributed by atoms with Gasteiger partial charge in [-0.25, -0.2) is 4.39 Å². The van der Waals surface area contributed by atoms with Gasteiger partial charge in [-0.1, -0.05) is 40.5 Å². The van der Waals surface area contributed by atoms with Crippen molar-refractivity contribution in [2.45, 2.75) is 65.6 Å². The molecule has 0 amide bonds. The van der Waals surface area contributed by atoms with Crippen molar-refractivity contribution in [2.24, 2.45) is 0 Å². The number of halogens is 4. The van der Waals surface area contributed by atoms with E-state index < -0.39 is 17.6 Å². The van der Waals surface area contributed by atoms with E-state index in [1.54, 1.807) is 24.5 Å². The van der Waals surface area contributed by atoms with Crippen molar-refractivity contribution >= 4 is 0 Å². The average molecular weight is 513 g/mol. The molecule has 3 aromatic heterocycles. The third kappa shape index (κ3) is 6.81. The number of pyridine rings is 2. The second-order valence-corrected chi connectivity index (χ2v) is 8.52. The molecule has 0 aliphatic carbocycles. The molecule has 0 saturated heterocycles. The first kappa shape index (κ1) is 28.0. The second-order valence-electron chi connectivity index (χ2n) is 8.52. The fourth-order valence-corrected chi connectivity index (χ4v) is 4.17. The predicted molar refractivity (Wildman–Crippen MR) is 139 cm³/mol. The summed E-state index contributed by atoms with van der Waals surface area (Å²) < 4.78 is 55.9. The first-order valence-electron chi connectivity index (χ1n) is 12.6. The Labute approximate surface area is 215 Å². The highest BCUT2D eigenvalue weighted by molar-refractivity contribution is 5.74. The molecule has 0 radical (unpaired) electrons. The van der Waals surface area contributed by atoms with Gasteiger partial charge in [-0.05, 0) is 54.8 Å². The Balaban J connectivity index is 0.00000186. The fraction of sp³-hybridized carbons (Fsp3) is 0.345. The fourth-order valence-electron chi connectivity index (χ4n) is 4.17. The number of aromatic nitrogens is 4. The van der Waals surface area contributed by atoms with Gasteiger partial charge in [-0.3, -0.25) is 14.6 Å². The van der Waals surface area contributed by atoms with E-state index in [0.717, 1.165) is 60.6 Å². The van der Waals surface area contributed by atoms with Crippen molar-refractivity contribution in [1.82, 2.24) is 19.7 Å². The molecule has 0 aliphatic heterocycles. The lowest BCUT2D eigenvalue weighted by atomic mass is 10.0. The van der Waals surface area contributed by atoms with Gasteiger partial charge in [0, 0.05) is 47.0 Å². The molecule has 0 saturated carbocycles. The van der Waals surface area contributed by atoms with Crippen molar-refractivity contribution in [3.63, 3.8) is 0 Å². The number of hydrogen-bond acceptors (Lipinski definition) is 3. The van der Waals surface area contributed by atoms with E-state index in [1.807, 2.05) is 37.0 Å². The lowest BCUT2D eigenvalue weighted by Gasteiger charge is -2.15. The lowest BCUT2D eigenvalue weighted by Crippen LogP contribution is -2.08. The highest BCUT2D eigenvalue weighted by atomic mass is 19.4. The topological polar surface area (TPSA) is 43.6 Å². The van der Waals surface area contributed by atoms with Gasteiger partial charge >= 0.3 is 6.18 Å². The first-order valence-corrected chi connectivity index (χ1v) is 12.6. The maximum Gasteiger partial charge on any atom is 0.416 e. The molecule has 1 aromatic carbocycles. The van der Waals surface area contributed by atoms with E-state index in [2.05, 4.69) is 28.9 Å². The molecule has 4 rings (SSSR count). The molecule has 0 bridgehead atoms. The lowest BCUT2D eigenvalue weighted by molar-refractivity contribution is -0.137. The van der Waals surface area contributed by atoms with Gasteiger partial charge in [0.25, 0.3) is 0 Å². The summed E-state index contributed by atoms with van der Waals surface area (Å²) in [6.45, 7) is 8.32. The Morgan fingerprint density at radius 2 is 1.51 bits per heavy atom. The van der Waals surface area contributed by atoms with Crippen molar-refractivity contribution in [1.29, 1.82) is 0 Å². The smallest absolute Gasteiger partial charge is 0.269 e. The summed E-state index contributed by atoms with van der Waals surface area (Å²) in [4.78, 5) is 8.47. The van der Waals surface area contributed by atoms with Gasteiger partial charge in [0.15, 0.2) is 0 Å². The summed E-state index contributed by atoms with van der Waals surface area (Å²) in [6, 6.07) is 7.90. The van der Waals surface area contributed by atoms with Crippen molar-refractivity contribution in [3.05, 3.63) is 78.8 Å². The zero-order chi connectivity index (χ0) is 27.0. The van der Waals surface area contributed by atoms with Gasteiger partial charge in [0.2, 0.25) is 0 Å². The summed E-state index contributed by atoms with van der Waals surface area (Å²) in [5.74, 6) is -0.768. The molecule has 4 nitrogen and oxygen atoms in total. The number of benzene rings is 1. The summed E-state index contributed by atoms with van der Waals surface area (Å²) in [7, 11) is 0. The van der Waals surface area contributed by atoms with Gasteiger partial charge in [0.1, 0.15) is 5.82 Å². The zero-order valence-electron chi connectivity index (χ0n) is 21.6.